The van der Waals surface area contributed by atoms with Gasteiger partial charge in [0.15, 0.2) is 0 Å². The summed E-state index contributed by atoms with van der Waals surface area (Å²) in [4.78, 5) is 0. The molecule has 0 aliphatic rings. The van der Waals surface area contributed by atoms with Gasteiger partial charge in [-0.2, -0.15) is 0 Å². The molecule has 0 heterocycles. The second-order valence-electron chi connectivity index (χ2n) is 4.04. The van der Waals surface area contributed by atoms with Crippen molar-refractivity contribution >= 4 is 43.2 Å². The number of halogens is 2. The molecule has 0 saturated heterocycles. The van der Waals surface area contributed by atoms with Gasteiger partial charge in [0.25, 0.3) is 0 Å². The van der Waals surface area contributed by atoms with Crippen molar-refractivity contribution in [3.8, 4) is 0 Å². The highest BCUT2D eigenvalue weighted by atomic mass is 35.5. The van der Waals surface area contributed by atoms with Crippen molar-refractivity contribution < 1.29 is 16.8 Å². The Balaban J connectivity index is 5.20. The van der Waals surface area contributed by atoms with E-state index in [9.17, 15) is 16.8 Å². The monoisotopic (exact) mass is 339 g/mol. The lowest BCUT2D eigenvalue weighted by molar-refractivity contribution is 0.456. The molecule has 18 heavy (non-hydrogen) atoms. The van der Waals surface area contributed by atoms with E-state index in [2.05, 4.69) is 0 Å². The molecule has 5 nitrogen and oxygen atoms in total. The highest BCUT2D eigenvalue weighted by Gasteiger charge is 2.35. The molecule has 0 aliphatic heterocycles. The number of hydrogen-bond acceptors (Lipinski definition) is 4. The van der Waals surface area contributed by atoms with Gasteiger partial charge in [-0.3, -0.25) is 0 Å². The second-order valence-corrected chi connectivity index (χ2v) is 8.95. The molecule has 9 heteroatoms. The van der Waals surface area contributed by atoms with E-state index < -0.39 is 26.1 Å². The van der Waals surface area contributed by atoms with Gasteiger partial charge in [-0.25, -0.2) is 16.8 Å². The Labute approximate surface area is 120 Å². The van der Waals surface area contributed by atoms with Crippen LogP contribution in [0.2, 0.25) is 0 Å². The Morgan fingerprint density at radius 3 is 1.44 bits per heavy atom. The first-order valence-corrected chi connectivity index (χ1v) is 9.84. The average Bonchev–Trinajstić information content (AvgIpc) is 2.22. The van der Waals surface area contributed by atoms with Gasteiger partial charge >= 0.3 is 0 Å². The number of rotatable bonds is 9. The van der Waals surface area contributed by atoms with Gasteiger partial charge in [0, 0.05) is 17.8 Å². The topological polar surface area (TPSA) is 71.5 Å². The van der Waals surface area contributed by atoms with E-state index in [0.717, 1.165) is 0 Å². The third-order valence-electron chi connectivity index (χ3n) is 2.04. The Morgan fingerprint density at radius 2 is 1.22 bits per heavy atom. The summed E-state index contributed by atoms with van der Waals surface area (Å²) < 4.78 is 48.6. The fourth-order valence-corrected chi connectivity index (χ4v) is 6.55. The highest BCUT2D eigenvalue weighted by Crippen LogP contribution is 2.16. The molecule has 0 rings (SSSR count). The minimum absolute atomic E-state index is 0.174. The van der Waals surface area contributed by atoms with Crippen molar-refractivity contribution in [2.24, 2.45) is 0 Å². The van der Waals surface area contributed by atoms with Gasteiger partial charge in [0.05, 0.1) is 11.5 Å². The normalized spacial score (nSPS) is 13.4. The Kier molecular flexibility index (Phi) is 8.08. The lowest BCUT2D eigenvalue weighted by Crippen LogP contribution is -2.44. The van der Waals surface area contributed by atoms with E-state index in [-0.39, 0.29) is 36.1 Å². The van der Waals surface area contributed by atoms with Gasteiger partial charge in [0.2, 0.25) is 20.0 Å². The molecule has 0 bridgehead atoms. The van der Waals surface area contributed by atoms with Crippen molar-refractivity contribution in [3.63, 3.8) is 0 Å². The summed E-state index contributed by atoms with van der Waals surface area (Å²) in [5.41, 5.74) is 0. The molecule has 0 fully saturated rings. The highest BCUT2D eigenvalue weighted by molar-refractivity contribution is 8.04. The van der Waals surface area contributed by atoms with Crippen LogP contribution >= 0.6 is 23.2 Å². The number of hydrogen-bond donors (Lipinski definition) is 0. The van der Waals surface area contributed by atoms with Crippen LogP contribution < -0.4 is 0 Å². The first-order valence-electron chi connectivity index (χ1n) is 5.56. The van der Waals surface area contributed by atoms with Crippen LogP contribution in [0.1, 0.15) is 26.7 Å². The largest absolute Gasteiger partial charge is 0.227 e. The molecule has 0 aliphatic carbocycles. The summed E-state index contributed by atoms with van der Waals surface area (Å²) in [5, 5.41) is 0. The van der Waals surface area contributed by atoms with Crippen LogP contribution in [0.15, 0.2) is 0 Å². The summed E-state index contributed by atoms with van der Waals surface area (Å²) in [5.74, 6) is -0.191. The lowest BCUT2D eigenvalue weighted by atomic mass is 10.4. The van der Waals surface area contributed by atoms with E-state index in [4.69, 9.17) is 23.2 Å². The summed E-state index contributed by atoms with van der Waals surface area (Å²) in [7, 11) is -7.71. The minimum Gasteiger partial charge on any atom is -0.211 e. The maximum atomic E-state index is 12.0. The molecule has 0 aromatic carbocycles. The second kappa shape index (κ2) is 7.89. The van der Waals surface area contributed by atoms with Crippen LogP contribution in [0.5, 0.6) is 0 Å². The van der Waals surface area contributed by atoms with Gasteiger partial charge in [0.1, 0.15) is 0 Å². The Morgan fingerprint density at radius 1 is 0.889 bits per heavy atom. The third-order valence-corrected chi connectivity index (χ3v) is 7.49. The van der Waals surface area contributed by atoms with Gasteiger partial charge in [-0.1, -0.05) is 3.71 Å². The van der Waals surface area contributed by atoms with E-state index in [0.29, 0.717) is 3.71 Å². The van der Waals surface area contributed by atoms with Crippen molar-refractivity contribution in [1.82, 2.24) is 3.71 Å². The molecule has 0 spiro atoms. The predicted octanol–water partition coefficient (Wildman–Crippen LogP) is 1.61. The van der Waals surface area contributed by atoms with E-state index in [1.165, 1.54) is 13.8 Å². The Bertz CT molecular complexity index is 395. The van der Waals surface area contributed by atoms with Crippen LogP contribution in [0.25, 0.3) is 0 Å². The van der Waals surface area contributed by atoms with Gasteiger partial charge in [-0.05, 0) is 26.7 Å². The average molecular weight is 340 g/mol. The summed E-state index contributed by atoms with van der Waals surface area (Å²) in [6.07, 6.45) is 0.441. The molecular formula is C9H19Cl2NO4S2. The van der Waals surface area contributed by atoms with Crippen molar-refractivity contribution in [2.45, 2.75) is 32.7 Å². The predicted molar refractivity (Wildman–Crippen MR) is 75.2 cm³/mol. The zero-order chi connectivity index (χ0) is 14.4. The van der Waals surface area contributed by atoms with Gasteiger partial charge < -0.3 is 0 Å². The van der Waals surface area contributed by atoms with Crippen molar-refractivity contribution in [2.75, 3.05) is 23.3 Å². The van der Waals surface area contributed by atoms with Crippen LogP contribution in [-0.4, -0.2) is 49.9 Å². The van der Waals surface area contributed by atoms with Crippen LogP contribution in [0, 0.1) is 0 Å². The fraction of sp³-hybridized carbons (Fsp3) is 1.00. The fourth-order valence-electron chi connectivity index (χ4n) is 1.47. The first-order chi connectivity index (χ1) is 8.19. The number of nitrogens with zero attached hydrogens (tertiary/aromatic N) is 1. The lowest BCUT2D eigenvalue weighted by Gasteiger charge is -2.25. The molecule has 0 atom stereocenters. The zero-order valence-corrected chi connectivity index (χ0v) is 13.6. The molecule has 0 unspecified atom stereocenters. The van der Waals surface area contributed by atoms with E-state index in [1.807, 2.05) is 0 Å². The number of alkyl halides is 2. The van der Waals surface area contributed by atoms with Crippen LogP contribution in [0.4, 0.5) is 0 Å². The molecule has 0 N–H and O–H groups in total. The van der Waals surface area contributed by atoms with Crippen molar-refractivity contribution in [1.29, 1.82) is 0 Å². The number of sulfonamides is 2. The van der Waals surface area contributed by atoms with Gasteiger partial charge in [-0.15, -0.1) is 23.2 Å². The van der Waals surface area contributed by atoms with Crippen LogP contribution in [0.3, 0.4) is 0 Å². The minimum atomic E-state index is -3.85. The molecular weight excluding hydrogens is 321 g/mol. The standard InChI is InChI=1S/C9H19Cl2NO4S2/c1-9(2)12(17(13,14)7-3-5-10)18(15,16)8-4-6-11/h9H,3-8H2,1-2H3. The zero-order valence-electron chi connectivity index (χ0n) is 10.5. The molecule has 110 valence electrons. The molecule has 0 radical (unpaired) electrons. The summed E-state index contributed by atoms with van der Waals surface area (Å²) in [6.45, 7) is 3.05. The quantitative estimate of drug-likeness (QED) is 0.598. The summed E-state index contributed by atoms with van der Waals surface area (Å²) in [6, 6.07) is -0.648. The third kappa shape index (κ3) is 5.61. The first kappa shape index (κ1) is 18.4. The maximum Gasteiger partial charge on any atom is 0.227 e. The SMILES string of the molecule is CC(C)N(S(=O)(=O)CCCCl)S(=O)(=O)CCCCl. The maximum absolute atomic E-state index is 12.0. The molecule has 0 aromatic rings. The van der Waals surface area contributed by atoms with Crippen molar-refractivity contribution in [3.05, 3.63) is 0 Å². The molecule has 0 saturated carbocycles. The Hall–Kier alpha value is 0.440. The molecule has 0 amide bonds. The van der Waals surface area contributed by atoms with E-state index in [1.54, 1.807) is 0 Å². The van der Waals surface area contributed by atoms with Crippen LogP contribution in [-0.2, 0) is 20.0 Å². The summed E-state index contributed by atoms with van der Waals surface area (Å²) >= 11 is 10.9. The smallest absolute Gasteiger partial charge is 0.211 e. The molecule has 0 aromatic heterocycles. The van der Waals surface area contributed by atoms with E-state index >= 15 is 0 Å².